The third-order valence-corrected chi connectivity index (χ3v) is 6.66. The molecule has 0 bridgehead atoms. The number of ether oxygens (including phenoxy) is 1. The van der Waals surface area contributed by atoms with E-state index in [-0.39, 0.29) is 5.91 Å². The zero-order valence-corrected chi connectivity index (χ0v) is 17.6. The molecule has 1 saturated heterocycles. The molecular formula is C22H29N3O2S. The van der Waals surface area contributed by atoms with E-state index in [1.54, 1.807) is 25.4 Å². The van der Waals surface area contributed by atoms with E-state index in [4.69, 9.17) is 9.72 Å². The normalized spacial score (nSPS) is 18.2. The van der Waals surface area contributed by atoms with Gasteiger partial charge in [-0.3, -0.25) is 14.6 Å². The van der Waals surface area contributed by atoms with Crippen molar-refractivity contribution in [1.29, 1.82) is 0 Å². The molecule has 2 aromatic rings. The standard InChI is InChI=1S/C22H29N3O2S/c1-16(26)25(20-5-6-20)22-23-19(15-28-22)14-24-11-9-18(10-12-24)13-17-3-7-21(27-2)8-4-17/h3-4,7-8,15,18,20H,5-6,9-14H2,1-2H3. The molecule has 0 N–H and O–H groups in total. The second-order valence-corrected chi connectivity index (χ2v) is 8.85. The predicted molar refractivity (Wildman–Crippen MR) is 113 cm³/mol. The highest BCUT2D eigenvalue weighted by atomic mass is 32.1. The first-order valence-corrected chi connectivity index (χ1v) is 11.1. The van der Waals surface area contributed by atoms with Gasteiger partial charge in [0.05, 0.1) is 12.8 Å². The van der Waals surface area contributed by atoms with Crippen LogP contribution in [-0.2, 0) is 17.8 Å². The first kappa shape index (κ1) is 19.4. The van der Waals surface area contributed by atoms with Gasteiger partial charge in [-0.05, 0) is 68.8 Å². The Morgan fingerprint density at radius 2 is 1.93 bits per heavy atom. The van der Waals surface area contributed by atoms with Gasteiger partial charge in [-0.25, -0.2) is 4.98 Å². The van der Waals surface area contributed by atoms with Crippen LogP contribution in [0.2, 0.25) is 0 Å². The number of nitrogens with zero attached hydrogens (tertiary/aromatic N) is 3. The summed E-state index contributed by atoms with van der Waals surface area (Å²) in [5.41, 5.74) is 2.49. The number of benzene rings is 1. The van der Waals surface area contributed by atoms with E-state index in [1.165, 1.54) is 18.4 Å². The van der Waals surface area contributed by atoms with Crippen molar-refractivity contribution in [2.24, 2.45) is 5.92 Å². The van der Waals surface area contributed by atoms with E-state index in [0.717, 1.165) is 61.4 Å². The molecule has 1 saturated carbocycles. The largest absolute Gasteiger partial charge is 0.497 e. The van der Waals surface area contributed by atoms with Crippen LogP contribution in [0.5, 0.6) is 5.75 Å². The maximum absolute atomic E-state index is 11.9. The fraction of sp³-hybridized carbons (Fsp3) is 0.545. The Kier molecular flexibility index (Phi) is 5.97. The first-order chi connectivity index (χ1) is 13.6. The second-order valence-electron chi connectivity index (χ2n) is 8.01. The summed E-state index contributed by atoms with van der Waals surface area (Å²) in [6.07, 6.45) is 5.81. The number of carbonyl (C=O) groups excluding carboxylic acids is 1. The highest BCUT2D eigenvalue weighted by molar-refractivity contribution is 7.14. The highest BCUT2D eigenvalue weighted by Crippen LogP contribution is 2.34. The zero-order chi connectivity index (χ0) is 19.5. The smallest absolute Gasteiger partial charge is 0.225 e. The molecule has 1 aliphatic heterocycles. The summed E-state index contributed by atoms with van der Waals surface area (Å²) in [5.74, 6) is 1.78. The Morgan fingerprint density at radius 3 is 2.54 bits per heavy atom. The molecule has 6 heteroatoms. The lowest BCUT2D eigenvalue weighted by Crippen LogP contribution is -2.34. The summed E-state index contributed by atoms with van der Waals surface area (Å²) in [4.78, 5) is 21.1. The number of hydrogen-bond acceptors (Lipinski definition) is 5. The number of aromatic nitrogens is 1. The van der Waals surface area contributed by atoms with Crippen LogP contribution in [-0.4, -0.2) is 42.0 Å². The number of methoxy groups -OCH3 is 1. The van der Waals surface area contributed by atoms with Crippen molar-refractivity contribution in [3.63, 3.8) is 0 Å². The number of anilines is 1. The van der Waals surface area contributed by atoms with E-state index in [0.29, 0.717) is 6.04 Å². The molecule has 2 heterocycles. The van der Waals surface area contributed by atoms with Crippen molar-refractivity contribution in [2.45, 2.75) is 51.6 Å². The van der Waals surface area contributed by atoms with Crippen LogP contribution in [0.3, 0.4) is 0 Å². The Labute approximate surface area is 171 Å². The molecule has 0 radical (unpaired) electrons. The van der Waals surface area contributed by atoms with Crippen molar-refractivity contribution in [3.05, 3.63) is 40.9 Å². The summed E-state index contributed by atoms with van der Waals surface area (Å²) in [7, 11) is 1.71. The van der Waals surface area contributed by atoms with Gasteiger partial charge in [-0.15, -0.1) is 11.3 Å². The Balaban J connectivity index is 1.27. The lowest BCUT2D eigenvalue weighted by atomic mass is 9.90. The van der Waals surface area contributed by atoms with E-state index in [2.05, 4.69) is 34.5 Å². The van der Waals surface area contributed by atoms with Gasteiger partial charge in [-0.1, -0.05) is 12.1 Å². The van der Waals surface area contributed by atoms with Gasteiger partial charge < -0.3 is 4.74 Å². The van der Waals surface area contributed by atoms with Crippen molar-refractivity contribution >= 4 is 22.4 Å². The van der Waals surface area contributed by atoms with Gasteiger partial charge in [0.1, 0.15) is 5.75 Å². The number of likely N-dealkylation sites (tertiary alicyclic amines) is 1. The number of carbonyl (C=O) groups is 1. The molecule has 28 heavy (non-hydrogen) atoms. The minimum atomic E-state index is 0.114. The molecule has 1 aromatic heterocycles. The fourth-order valence-corrected chi connectivity index (χ4v) is 4.96. The van der Waals surface area contributed by atoms with Crippen LogP contribution in [0.15, 0.2) is 29.6 Å². The summed E-state index contributed by atoms with van der Waals surface area (Å²) in [6, 6.07) is 8.85. The Morgan fingerprint density at radius 1 is 1.21 bits per heavy atom. The van der Waals surface area contributed by atoms with Crippen LogP contribution < -0.4 is 9.64 Å². The van der Waals surface area contributed by atoms with Gasteiger partial charge in [0.25, 0.3) is 0 Å². The molecule has 1 aliphatic carbocycles. The third-order valence-electron chi connectivity index (χ3n) is 5.77. The maximum atomic E-state index is 11.9. The van der Waals surface area contributed by atoms with Gasteiger partial charge in [0.2, 0.25) is 5.91 Å². The number of amides is 1. The van der Waals surface area contributed by atoms with Gasteiger partial charge >= 0.3 is 0 Å². The quantitative estimate of drug-likeness (QED) is 0.703. The lowest BCUT2D eigenvalue weighted by Gasteiger charge is -2.31. The molecule has 1 amide bonds. The van der Waals surface area contributed by atoms with E-state index < -0.39 is 0 Å². The van der Waals surface area contributed by atoms with Crippen molar-refractivity contribution < 1.29 is 9.53 Å². The molecule has 0 spiro atoms. The monoisotopic (exact) mass is 399 g/mol. The molecular weight excluding hydrogens is 370 g/mol. The summed E-state index contributed by atoms with van der Waals surface area (Å²) < 4.78 is 5.24. The van der Waals surface area contributed by atoms with E-state index in [1.807, 2.05) is 4.90 Å². The number of hydrogen-bond donors (Lipinski definition) is 0. The summed E-state index contributed by atoms with van der Waals surface area (Å²) in [6.45, 7) is 4.77. The lowest BCUT2D eigenvalue weighted by molar-refractivity contribution is -0.116. The van der Waals surface area contributed by atoms with Crippen molar-refractivity contribution in [2.75, 3.05) is 25.1 Å². The van der Waals surface area contributed by atoms with E-state index in [9.17, 15) is 4.79 Å². The SMILES string of the molecule is COc1ccc(CC2CCN(Cc3csc(N(C(C)=O)C4CC4)n3)CC2)cc1. The molecule has 0 unspecified atom stereocenters. The number of piperidine rings is 1. The Hall–Kier alpha value is -1.92. The number of thiazole rings is 1. The average Bonchev–Trinajstić information content (AvgIpc) is 3.42. The minimum Gasteiger partial charge on any atom is -0.497 e. The molecule has 5 nitrogen and oxygen atoms in total. The predicted octanol–water partition coefficient (Wildman–Crippen LogP) is 4.12. The number of rotatable bonds is 7. The Bertz CT molecular complexity index is 792. The van der Waals surface area contributed by atoms with Crippen LogP contribution in [0.1, 0.15) is 43.9 Å². The topological polar surface area (TPSA) is 45.7 Å². The maximum Gasteiger partial charge on any atom is 0.225 e. The van der Waals surface area contributed by atoms with Crippen LogP contribution >= 0.6 is 11.3 Å². The van der Waals surface area contributed by atoms with Crippen molar-refractivity contribution in [3.8, 4) is 5.75 Å². The van der Waals surface area contributed by atoms with Gasteiger partial charge in [0, 0.05) is 24.9 Å². The van der Waals surface area contributed by atoms with Crippen LogP contribution in [0.25, 0.3) is 0 Å². The van der Waals surface area contributed by atoms with Gasteiger partial charge in [0.15, 0.2) is 5.13 Å². The van der Waals surface area contributed by atoms with Crippen LogP contribution in [0.4, 0.5) is 5.13 Å². The molecule has 2 fully saturated rings. The zero-order valence-electron chi connectivity index (χ0n) is 16.8. The van der Waals surface area contributed by atoms with Crippen LogP contribution in [0, 0.1) is 5.92 Å². The van der Waals surface area contributed by atoms with E-state index >= 15 is 0 Å². The van der Waals surface area contributed by atoms with Gasteiger partial charge in [-0.2, -0.15) is 0 Å². The molecule has 0 atom stereocenters. The van der Waals surface area contributed by atoms with Crippen molar-refractivity contribution in [1.82, 2.24) is 9.88 Å². The second kappa shape index (κ2) is 8.62. The third kappa shape index (κ3) is 4.73. The molecule has 150 valence electrons. The fourth-order valence-electron chi connectivity index (χ4n) is 4.03. The molecule has 4 rings (SSSR count). The molecule has 1 aromatic carbocycles. The average molecular weight is 400 g/mol. The summed E-state index contributed by atoms with van der Waals surface area (Å²) >= 11 is 1.61. The first-order valence-electron chi connectivity index (χ1n) is 10.2. The molecule has 2 aliphatic rings. The minimum absolute atomic E-state index is 0.114. The highest BCUT2D eigenvalue weighted by Gasteiger charge is 2.33. The summed E-state index contributed by atoms with van der Waals surface area (Å²) in [5, 5.41) is 3.00.